The number of rotatable bonds is 7. The van der Waals surface area contributed by atoms with E-state index >= 15 is 0 Å². The van der Waals surface area contributed by atoms with Crippen LogP contribution in [-0.4, -0.2) is 44.5 Å². The van der Waals surface area contributed by atoms with E-state index < -0.39 is 0 Å². The van der Waals surface area contributed by atoms with Crippen molar-refractivity contribution in [1.29, 1.82) is 0 Å². The van der Waals surface area contributed by atoms with Gasteiger partial charge in [-0.2, -0.15) is 4.98 Å². The summed E-state index contributed by atoms with van der Waals surface area (Å²) in [5.41, 5.74) is 1.54. The van der Waals surface area contributed by atoms with Gasteiger partial charge in [0.25, 0.3) is 0 Å². The van der Waals surface area contributed by atoms with Crippen LogP contribution in [-0.2, 0) is 4.74 Å². The Morgan fingerprint density at radius 2 is 1.64 bits per heavy atom. The molecule has 1 heterocycles. The summed E-state index contributed by atoms with van der Waals surface area (Å²) in [7, 11) is 4.81. The molecule has 0 aliphatic rings. The van der Waals surface area contributed by atoms with Crippen LogP contribution in [0, 0.1) is 0 Å². The Bertz CT molecular complexity index is 853. The summed E-state index contributed by atoms with van der Waals surface area (Å²) in [4.78, 5) is 9.21. The van der Waals surface area contributed by atoms with Crippen molar-refractivity contribution in [3.8, 4) is 28.8 Å². The van der Waals surface area contributed by atoms with Gasteiger partial charge in [-0.1, -0.05) is 30.3 Å². The van der Waals surface area contributed by atoms with Gasteiger partial charge >= 0.3 is 0 Å². The Labute approximate surface area is 146 Å². The Balaban J connectivity index is 2.16. The molecule has 0 fully saturated rings. The first-order valence-corrected chi connectivity index (χ1v) is 7.88. The second kappa shape index (κ2) is 7.81. The van der Waals surface area contributed by atoms with Crippen molar-refractivity contribution >= 4 is 10.9 Å². The molecular formula is C19H20N2O4. The number of methoxy groups -OCH3 is 3. The van der Waals surface area contributed by atoms with E-state index in [0.717, 1.165) is 10.9 Å². The Hall–Kier alpha value is -2.86. The average molecular weight is 340 g/mol. The van der Waals surface area contributed by atoms with Gasteiger partial charge < -0.3 is 18.9 Å². The summed E-state index contributed by atoms with van der Waals surface area (Å²) in [5.74, 6) is 2.21. The third kappa shape index (κ3) is 3.49. The minimum atomic E-state index is 0.423. The predicted octanol–water partition coefficient (Wildman–Crippen LogP) is 3.34. The lowest BCUT2D eigenvalue weighted by Crippen LogP contribution is -2.06. The zero-order valence-electron chi connectivity index (χ0n) is 14.5. The van der Waals surface area contributed by atoms with E-state index in [4.69, 9.17) is 18.9 Å². The molecular weight excluding hydrogens is 320 g/mol. The highest BCUT2D eigenvalue weighted by atomic mass is 16.5. The van der Waals surface area contributed by atoms with Crippen LogP contribution in [0.5, 0.6) is 17.4 Å². The van der Waals surface area contributed by atoms with Gasteiger partial charge in [0.05, 0.1) is 26.2 Å². The summed E-state index contributed by atoms with van der Waals surface area (Å²) in [6.07, 6.45) is 0. The number of hydrogen-bond donors (Lipinski definition) is 0. The molecule has 0 amide bonds. The van der Waals surface area contributed by atoms with E-state index in [-0.39, 0.29) is 0 Å². The minimum absolute atomic E-state index is 0.423. The SMILES string of the molecule is COCCOc1ccc2c(OC)nc(-c3ccccc3)nc2c1OC. The van der Waals surface area contributed by atoms with Crippen LogP contribution >= 0.6 is 0 Å². The third-order valence-electron chi connectivity index (χ3n) is 3.73. The maximum absolute atomic E-state index is 5.74. The van der Waals surface area contributed by atoms with E-state index in [1.165, 1.54) is 0 Å². The minimum Gasteiger partial charge on any atom is -0.491 e. The molecule has 130 valence electrons. The van der Waals surface area contributed by atoms with E-state index in [1.54, 1.807) is 21.3 Å². The molecule has 0 saturated carbocycles. The molecule has 1 aromatic heterocycles. The average Bonchev–Trinajstić information content (AvgIpc) is 2.67. The van der Waals surface area contributed by atoms with Gasteiger partial charge in [0.2, 0.25) is 5.88 Å². The highest BCUT2D eigenvalue weighted by Gasteiger charge is 2.17. The Kier molecular flexibility index (Phi) is 5.30. The van der Waals surface area contributed by atoms with Crippen LogP contribution in [0.2, 0.25) is 0 Å². The molecule has 0 aliphatic heterocycles. The standard InChI is InChI=1S/C19H20N2O4/c1-22-11-12-25-15-10-9-14-16(17(15)23-2)20-18(21-19(14)24-3)13-7-5-4-6-8-13/h4-10H,11-12H2,1-3H3. The van der Waals surface area contributed by atoms with Crippen molar-refractivity contribution in [2.45, 2.75) is 0 Å². The van der Waals surface area contributed by atoms with E-state index in [2.05, 4.69) is 9.97 Å². The van der Waals surface area contributed by atoms with Gasteiger partial charge in [-0.25, -0.2) is 4.98 Å². The summed E-state index contributed by atoms with van der Waals surface area (Å²) in [6, 6.07) is 13.4. The summed E-state index contributed by atoms with van der Waals surface area (Å²) in [6.45, 7) is 0.912. The number of nitrogens with zero attached hydrogens (tertiary/aromatic N) is 2. The van der Waals surface area contributed by atoms with Crippen LogP contribution in [0.3, 0.4) is 0 Å². The van der Waals surface area contributed by atoms with E-state index in [9.17, 15) is 0 Å². The molecule has 0 N–H and O–H groups in total. The second-order valence-electron chi connectivity index (χ2n) is 5.26. The monoisotopic (exact) mass is 340 g/mol. The maximum Gasteiger partial charge on any atom is 0.224 e. The summed E-state index contributed by atoms with van der Waals surface area (Å²) in [5, 5.41) is 0.762. The van der Waals surface area contributed by atoms with Crippen LogP contribution < -0.4 is 14.2 Å². The van der Waals surface area contributed by atoms with E-state index in [0.29, 0.717) is 41.9 Å². The number of fused-ring (bicyclic) bond motifs is 1. The normalized spacial score (nSPS) is 10.7. The second-order valence-corrected chi connectivity index (χ2v) is 5.26. The predicted molar refractivity (Wildman–Crippen MR) is 95.4 cm³/mol. The lowest BCUT2D eigenvalue weighted by Gasteiger charge is -2.14. The highest BCUT2D eigenvalue weighted by Crippen LogP contribution is 2.38. The number of hydrogen-bond acceptors (Lipinski definition) is 6. The molecule has 6 heteroatoms. The Morgan fingerprint density at radius 3 is 2.32 bits per heavy atom. The molecule has 0 aliphatic carbocycles. The molecule has 0 radical (unpaired) electrons. The lowest BCUT2D eigenvalue weighted by atomic mass is 10.1. The maximum atomic E-state index is 5.74. The van der Waals surface area contributed by atoms with Crippen molar-refractivity contribution < 1.29 is 18.9 Å². The fraction of sp³-hybridized carbons (Fsp3) is 0.263. The zero-order chi connectivity index (χ0) is 17.6. The fourth-order valence-electron chi connectivity index (χ4n) is 2.54. The third-order valence-corrected chi connectivity index (χ3v) is 3.73. The molecule has 2 aromatic carbocycles. The molecule has 0 saturated heterocycles. The van der Waals surface area contributed by atoms with Gasteiger partial charge in [-0.3, -0.25) is 0 Å². The fourth-order valence-corrected chi connectivity index (χ4v) is 2.54. The number of ether oxygens (including phenoxy) is 4. The number of benzene rings is 2. The van der Waals surface area contributed by atoms with Crippen LogP contribution in [0.25, 0.3) is 22.3 Å². The molecule has 0 bridgehead atoms. The number of aromatic nitrogens is 2. The zero-order valence-corrected chi connectivity index (χ0v) is 14.5. The summed E-state index contributed by atoms with van der Waals surface area (Å²) < 4.78 is 21.8. The van der Waals surface area contributed by atoms with Crippen molar-refractivity contribution in [2.24, 2.45) is 0 Å². The van der Waals surface area contributed by atoms with Crippen molar-refractivity contribution in [3.05, 3.63) is 42.5 Å². The van der Waals surface area contributed by atoms with Crippen LogP contribution in [0.15, 0.2) is 42.5 Å². The Morgan fingerprint density at radius 1 is 0.840 bits per heavy atom. The molecule has 0 atom stereocenters. The molecule has 0 unspecified atom stereocenters. The first-order valence-electron chi connectivity index (χ1n) is 7.88. The van der Waals surface area contributed by atoms with Gasteiger partial charge in [0.1, 0.15) is 12.1 Å². The van der Waals surface area contributed by atoms with Gasteiger partial charge in [0.15, 0.2) is 17.3 Å². The highest BCUT2D eigenvalue weighted by molar-refractivity contribution is 5.92. The van der Waals surface area contributed by atoms with Gasteiger partial charge in [-0.05, 0) is 12.1 Å². The smallest absolute Gasteiger partial charge is 0.224 e. The molecule has 6 nitrogen and oxygen atoms in total. The van der Waals surface area contributed by atoms with E-state index in [1.807, 2.05) is 42.5 Å². The lowest BCUT2D eigenvalue weighted by molar-refractivity contribution is 0.144. The largest absolute Gasteiger partial charge is 0.491 e. The van der Waals surface area contributed by atoms with Crippen LogP contribution in [0.1, 0.15) is 0 Å². The quantitative estimate of drug-likeness (QED) is 0.615. The molecule has 0 spiro atoms. The topological polar surface area (TPSA) is 62.7 Å². The van der Waals surface area contributed by atoms with Crippen molar-refractivity contribution in [1.82, 2.24) is 9.97 Å². The first-order chi connectivity index (χ1) is 12.3. The molecule has 25 heavy (non-hydrogen) atoms. The first kappa shape index (κ1) is 17.0. The molecule has 3 aromatic rings. The van der Waals surface area contributed by atoms with Crippen molar-refractivity contribution in [2.75, 3.05) is 34.5 Å². The van der Waals surface area contributed by atoms with Gasteiger partial charge in [-0.15, -0.1) is 0 Å². The van der Waals surface area contributed by atoms with Crippen LogP contribution in [0.4, 0.5) is 0 Å². The summed E-state index contributed by atoms with van der Waals surface area (Å²) >= 11 is 0. The molecule has 3 rings (SSSR count). The van der Waals surface area contributed by atoms with Gasteiger partial charge in [0, 0.05) is 12.7 Å². The van der Waals surface area contributed by atoms with Crippen molar-refractivity contribution in [3.63, 3.8) is 0 Å².